The molecule has 0 unspecified atom stereocenters. The van der Waals surface area contributed by atoms with E-state index < -0.39 is 11.9 Å². The fraction of sp³-hybridized carbons (Fsp3) is 0.118. The summed E-state index contributed by atoms with van der Waals surface area (Å²) in [6, 6.07) is 15.5. The molecule has 2 aromatic rings. The van der Waals surface area contributed by atoms with Crippen LogP contribution < -0.4 is 10.5 Å². The van der Waals surface area contributed by atoms with E-state index in [4.69, 9.17) is 30.3 Å². The number of nitrogens with zero attached hydrogens (tertiary/aromatic N) is 1. The molecule has 0 spiro atoms. The van der Waals surface area contributed by atoms with E-state index in [1.807, 2.05) is 55.5 Å². The van der Waals surface area contributed by atoms with Crippen LogP contribution in [0.25, 0.3) is 0 Å². The van der Waals surface area contributed by atoms with Crippen molar-refractivity contribution >= 4 is 23.5 Å². The molecular weight excluding hydrogens is 312 g/mol. The highest BCUT2D eigenvalue weighted by molar-refractivity contribution is 6.27. The second-order valence-corrected chi connectivity index (χ2v) is 4.68. The molecule has 0 heterocycles. The van der Waals surface area contributed by atoms with Crippen LogP contribution in [0.1, 0.15) is 11.1 Å². The number of ether oxygens (including phenoxy) is 1. The fourth-order valence-electron chi connectivity index (χ4n) is 1.69. The lowest BCUT2D eigenvalue weighted by Gasteiger charge is -2.04. The maximum absolute atomic E-state index is 9.10. The van der Waals surface area contributed by atoms with Gasteiger partial charge in [-0.2, -0.15) is 0 Å². The molecule has 0 atom stereocenters. The number of hydrogen-bond donors (Lipinski definition) is 3. The van der Waals surface area contributed by atoms with E-state index in [0.717, 1.165) is 22.6 Å². The molecule has 0 amide bonds. The minimum atomic E-state index is -1.82. The summed E-state index contributed by atoms with van der Waals surface area (Å²) in [5.41, 5.74) is 8.87. The van der Waals surface area contributed by atoms with Gasteiger partial charge in [-0.1, -0.05) is 29.8 Å². The van der Waals surface area contributed by atoms with Gasteiger partial charge < -0.3 is 20.7 Å². The third-order valence-electron chi connectivity index (χ3n) is 2.80. The van der Waals surface area contributed by atoms with Gasteiger partial charge in [0.2, 0.25) is 0 Å². The number of rotatable bonds is 3. The summed E-state index contributed by atoms with van der Waals surface area (Å²) in [7, 11) is 1.63. The Morgan fingerprint density at radius 3 is 2.21 bits per heavy atom. The van der Waals surface area contributed by atoms with E-state index in [-0.39, 0.29) is 0 Å². The maximum Gasteiger partial charge on any atom is 0.414 e. The first-order chi connectivity index (χ1) is 11.3. The summed E-state index contributed by atoms with van der Waals surface area (Å²) >= 11 is 0. The van der Waals surface area contributed by atoms with Crippen molar-refractivity contribution in [3.8, 4) is 5.75 Å². The number of carboxylic acids is 2. The Morgan fingerprint density at radius 1 is 1.04 bits per heavy atom. The molecule has 2 rings (SSSR count). The van der Waals surface area contributed by atoms with Gasteiger partial charge in [0.1, 0.15) is 11.6 Å². The van der Waals surface area contributed by atoms with Gasteiger partial charge in [0, 0.05) is 11.6 Å². The fourth-order valence-corrected chi connectivity index (χ4v) is 1.69. The second kappa shape index (κ2) is 8.94. The SMILES string of the molecule is COc1cccc(N=C(N)c2cccc(C)c2)c1.O=C(O)C(=O)O. The van der Waals surface area contributed by atoms with Crippen LogP contribution in [0.4, 0.5) is 5.69 Å². The Kier molecular flexibility index (Phi) is 6.97. The maximum atomic E-state index is 9.10. The molecule has 0 aromatic heterocycles. The molecule has 0 aliphatic carbocycles. The molecule has 7 heteroatoms. The topological polar surface area (TPSA) is 122 Å². The van der Waals surface area contributed by atoms with E-state index in [9.17, 15) is 0 Å². The third-order valence-corrected chi connectivity index (χ3v) is 2.80. The van der Waals surface area contributed by atoms with E-state index in [1.54, 1.807) is 7.11 Å². The first-order valence-electron chi connectivity index (χ1n) is 6.85. The molecule has 4 N–H and O–H groups in total. The number of aliphatic carboxylic acids is 2. The minimum absolute atomic E-state index is 0.506. The number of carboxylic acid groups (broad SMARTS) is 2. The molecule has 0 aliphatic rings. The summed E-state index contributed by atoms with van der Waals surface area (Å²) in [6.45, 7) is 2.03. The number of benzene rings is 2. The number of methoxy groups -OCH3 is 1. The molecule has 0 saturated heterocycles. The number of aryl methyl sites for hydroxylation is 1. The van der Waals surface area contributed by atoms with Crippen LogP contribution >= 0.6 is 0 Å². The number of aliphatic imine (C=N–C) groups is 1. The van der Waals surface area contributed by atoms with Crippen LogP contribution in [0.2, 0.25) is 0 Å². The van der Waals surface area contributed by atoms with Crippen molar-refractivity contribution in [3.05, 3.63) is 59.7 Å². The van der Waals surface area contributed by atoms with Crippen LogP contribution in [0.3, 0.4) is 0 Å². The van der Waals surface area contributed by atoms with Crippen LogP contribution in [-0.4, -0.2) is 35.1 Å². The van der Waals surface area contributed by atoms with Crippen molar-refractivity contribution in [2.45, 2.75) is 6.92 Å². The zero-order valence-electron chi connectivity index (χ0n) is 13.3. The predicted molar refractivity (Wildman–Crippen MR) is 89.8 cm³/mol. The Bertz CT molecular complexity index is 744. The molecule has 0 fully saturated rings. The average molecular weight is 330 g/mol. The monoisotopic (exact) mass is 330 g/mol. The first-order valence-corrected chi connectivity index (χ1v) is 6.85. The summed E-state index contributed by atoms with van der Waals surface area (Å²) in [4.78, 5) is 22.6. The zero-order chi connectivity index (χ0) is 18.1. The van der Waals surface area contributed by atoms with Gasteiger partial charge in [-0.3, -0.25) is 0 Å². The molecule has 0 saturated carbocycles. The highest BCUT2D eigenvalue weighted by atomic mass is 16.5. The Morgan fingerprint density at radius 2 is 1.67 bits per heavy atom. The standard InChI is InChI=1S/C15H16N2O.C2H2O4/c1-11-5-3-6-12(9-11)15(16)17-13-7-4-8-14(10-13)18-2;3-1(4)2(5)6/h3-10H,1-2H3,(H2,16,17);(H,3,4)(H,5,6). The second-order valence-electron chi connectivity index (χ2n) is 4.68. The lowest BCUT2D eigenvalue weighted by molar-refractivity contribution is -0.159. The van der Waals surface area contributed by atoms with Crippen molar-refractivity contribution in [1.82, 2.24) is 0 Å². The van der Waals surface area contributed by atoms with E-state index >= 15 is 0 Å². The highest BCUT2D eigenvalue weighted by Gasteiger charge is 2.04. The number of amidine groups is 1. The number of hydrogen-bond acceptors (Lipinski definition) is 4. The van der Waals surface area contributed by atoms with Crippen molar-refractivity contribution < 1.29 is 24.5 Å². The van der Waals surface area contributed by atoms with Crippen molar-refractivity contribution in [3.63, 3.8) is 0 Å². The normalized spacial score (nSPS) is 10.3. The van der Waals surface area contributed by atoms with Crippen molar-refractivity contribution in [2.75, 3.05) is 7.11 Å². The summed E-state index contributed by atoms with van der Waals surface area (Å²) in [6.07, 6.45) is 0. The average Bonchev–Trinajstić information content (AvgIpc) is 2.55. The highest BCUT2D eigenvalue weighted by Crippen LogP contribution is 2.20. The van der Waals surface area contributed by atoms with Crippen LogP contribution in [0.5, 0.6) is 5.75 Å². The Hall–Kier alpha value is -3.35. The smallest absolute Gasteiger partial charge is 0.414 e. The van der Waals surface area contributed by atoms with E-state index in [1.165, 1.54) is 0 Å². The summed E-state index contributed by atoms with van der Waals surface area (Å²) < 4.78 is 5.15. The molecule has 0 bridgehead atoms. The van der Waals surface area contributed by atoms with E-state index in [2.05, 4.69) is 4.99 Å². The summed E-state index contributed by atoms with van der Waals surface area (Å²) in [5.74, 6) is -2.37. The van der Waals surface area contributed by atoms with Crippen molar-refractivity contribution in [1.29, 1.82) is 0 Å². The van der Waals surface area contributed by atoms with Crippen LogP contribution in [-0.2, 0) is 9.59 Å². The quantitative estimate of drug-likeness (QED) is 0.450. The summed E-state index contributed by atoms with van der Waals surface area (Å²) in [5, 5.41) is 14.8. The molecule has 2 aromatic carbocycles. The van der Waals surface area contributed by atoms with Gasteiger partial charge in [0.05, 0.1) is 12.8 Å². The van der Waals surface area contributed by atoms with Crippen molar-refractivity contribution in [2.24, 2.45) is 10.7 Å². The Balaban J connectivity index is 0.000000413. The van der Waals surface area contributed by atoms with Gasteiger partial charge in [0.15, 0.2) is 0 Å². The lowest BCUT2D eigenvalue weighted by Crippen LogP contribution is -2.12. The molecule has 126 valence electrons. The molecule has 24 heavy (non-hydrogen) atoms. The molecule has 0 radical (unpaired) electrons. The Labute approximate surface area is 139 Å². The lowest BCUT2D eigenvalue weighted by atomic mass is 10.1. The van der Waals surface area contributed by atoms with Gasteiger partial charge in [0.25, 0.3) is 0 Å². The van der Waals surface area contributed by atoms with E-state index in [0.29, 0.717) is 5.84 Å². The van der Waals surface area contributed by atoms with Gasteiger partial charge in [-0.25, -0.2) is 14.6 Å². The van der Waals surface area contributed by atoms with Gasteiger partial charge in [-0.15, -0.1) is 0 Å². The zero-order valence-corrected chi connectivity index (χ0v) is 13.3. The largest absolute Gasteiger partial charge is 0.497 e. The predicted octanol–water partition coefficient (Wildman–Crippen LogP) is 2.20. The first kappa shape index (κ1) is 18.7. The minimum Gasteiger partial charge on any atom is -0.497 e. The molecule has 0 aliphatic heterocycles. The molecule has 7 nitrogen and oxygen atoms in total. The van der Waals surface area contributed by atoms with Gasteiger partial charge >= 0.3 is 11.9 Å². The molecular formula is C17H18N2O5. The van der Waals surface area contributed by atoms with Gasteiger partial charge in [-0.05, 0) is 25.1 Å². The van der Waals surface area contributed by atoms with Crippen LogP contribution in [0, 0.1) is 6.92 Å². The van der Waals surface area contributed by atoms with Crippen LogP contribution in [0.15, 0.2) is 53.5 Å². The number of carbonyl (C=O) groups is 2. The number of nitrogens with two attached hydrogens (primary N) is 1. The third kappa shape index (κ3) is 6.18.